The third-order valence-corrected chi connectivity index (χ3v) is 4.29. The predicted octanol–water partition coefficient (Wildman–Crippen LogP) is 2.94. The van der Waals surface area contributed by atoms with E-state index in [9.17, 15) is 9.59 Å². The van der Waals surface area contributed by atoms with Crippen molar-refractivity contribution in [2.45, 2.75) is 6.42 Å². The standard InChI is InChI=1S/C17H15N3O3S/c1-18-14(21)9-11-5-2-3-6-12(11)20-17(22)15-16(23-10-19-15)13-7-4-8-24-13/h2-8,10H,9H2,1H3,(H,18,21)(H,20,22). The number of oxazole rings is 1. The summed E-state index contributed by atoms with van der Waals surface area (Å²) in [5.41, 5.74) is 1.52. The fourth-order valence-electron chi connectivity index (χ4n) is 2.23. The van der Waals surface area contributed by atoms with Gasteiger partial charge >= 0.3 is 0 Å². The smallest absolute Gasteiger partial charge is 0.278 e. The average Bonchev–Trinajstić information content (AvgIpc) is 3.27. The topological polar surface area (TPSA) is 84.2 Å². The molecular formula is C17H15N3O3S. The lowest BCUT2D eigenvalue weighted by molar-refractivity contribution is -0.119. The summed E-state index contributed by atoms with van der Waals surface area (Å²) in [6.45, 7) is 0. The highest BCUT2D eigenvalue weighted by Gasteiger charge is 2.20. The lowest BCUT2D eigenvalue weighted by Crippen LogP contribution is -2.21. The Morgan fingerprint density at radius 3 is 2.79 bits per heavy atom. The molecule has 3 rings (SSSR count). The number of nitrogens with one attached hydrogen (secondary N) is 2. The Kier molecular flexibility index (Phi) is 4.72. The molecule has 0 aliphatic rings. The van der Waals surface area contributed by atoms with Gasteiger partial charge in [0, 0.05) is 12.7 Å². The molecule has 0 fully saturated rings. The number of likely N-dealkylation sites (N-methyl/N-ethyl adjacent to an activating group) is 1. The second kappa shape index (κ2) is 7.10. The van der Waals surface area contributed by atoms with Gasteiger partial charge in [-0.3, -0.25) is 9.59 Å². The number of carbonyl (C=O) groups is 2. The van der Waals surface area contributed by atoms with Crippen LogP contribution in [0.3, 0.4) is 0 Å². The molecule has 122 valence electrons. The van der Waals surface area contributed by atoms with E-state index in [1.807, 2.05) is 23.6 Å². The first-order chi connectivity index (χ1) is 11.7. The maximum absolute atomic E-state index is 12.6. The van der Waals surface area contributed by atoms with Crippen LogP contribution in [0.1, 0.15) is 16.1 Å². The van der Waals surface area contributed by atoms with Crippen LogP contribution in [0.25, 0.3) is 10.6 Å². The molecule has 2 aromatic heterocycles. The Balaban J connectivity index is 1.84. The maximum Gasteiger partial charge on any atom is 0.278 e. The molecule has 0 unspecified atom stereocenters. The van der Waals surface area contributed by atoms with Crippen LogP contribution in [-0.2, 0) is 11.2 Å². The molecule has 0 radical (unpaired) electrons. The van der Waals surface area contributed by atoms with E-state index in [0.717, 1.165) is 10.4 Å². The van der Waals surface area contributed by atoms with Gasteiger partial charge in [0.25, 0.3) is 5.91 Å². The van der Waals surface area contributed by atoms with E-state index in [2.05, 4.69) is 15.6 Å². The Hall–Kier alpha value is -2.93. The summed E-state index contributed by atoms with van der Waals surface area (Å²) in [5.74, 6) is -0.0693. The first-order valence-electron chi connectivity index (χ1n) is 7.26. The zero-order valence-corrected chi connectivity index (χ0v) is 13.7. The van der Waals surface area contributed by atoms with Crippen molar-refractivity contribution in [1.29, 1.82) is 0 Å². The van der Waals surface area contributed by atoms with Gasteiger partial charge in [-0.2, -0.15) is 0 Å². The highest BCUT2D eigenvalue weighted by Crippen LogP contribution is 2.28. The van der Waals surface area contributed by atoms with Crippen molar-refractivity contribution in [2.75, 3.05) is 12.4 Å². The SMILES string of the molecule is CNC(=O)Cc1ccccc1NC(=O)c1ncoc1-c1cccs1. The van der Waals surface area contributed by atoms with Gasteiger partial charge in [-0.05, 0) is 23.1 Å². The third kappa shape index (κ3) is 3.36. The largest absolute Gasteiger partial charge is 0.442 e. The number of nitrogens with zero attached hydrogens (tertiary/aromatic N) is 1. The molecule has 3 aromatic rings. The molecule has 2 heterocycles. The van der Waals surface area contributed by atoms with Crippen LogP contribution in [0.4, 0.5) is 5.69 Å². The predicted molar refractivity (Wildman–Crippen MR) is 92.0 cm³/mol. The summed E-state index contributed by atoms with van der Waals surface area (Å²) in [6.07, 6.45) is 1.43. The van der Waals surface area contributed by atoms with E-state index in [0.29, 0.717) is 11.4 Å². The molecule has 1 aromatic carbocycles. The monoisotopic (exact) mass is 341 g/mol. The van der Waals surface area contributed by atoms with Crippen LogP contribution >= 0.6 is 11.3 Å². The van der Waals surface area contributed by atoms with Gasteiger partial charge in [-0.25, -0.2) is 4.98 Å². The van der Waals surface area contributed by atoms with Gasteiger partial charge in [-0.15, -0.1) is 11.3 Å². The molecular weight excluding hydrogens is 326 g/mol. The molecule has 0 spiro atoms. The van der Waals surface area contributed by atoms with E-state index in [-0.39, 0.29) is 23.9 Å². The van der Waals surface area contributed by atoms with Gasteiger partial charge in [-0.1, -0.05) is 24.3 Å². The number of carbonyl (C=O) groups excluding carboxylic acids is 2. The van der Waals surface area contributed by atoms with Crippen LogP contribution in [0, 0.1) is 0 Å². The minimum absolute atomic E-state index is 0.127. The minimum atomic E-state index is -0.378. The molecule has 0 saturated heterocycles. The number of benzene rings is 1. The normalized spacial score (nSPS) is 10.4. The van der Waals surface area contributed by atoms with Crippen molar-refractivity contribution in [3.63, 3.8) is 0 Å². The van der Waals surface area contributed by atoms with Crippen molar-refractivity contribution in [3.05, 3.63) is 59.4 Å². The maximum atomic E-state index is 12.6. The summed E-state index contributed by atoms with van der Waals surface area (Å²) < 4.78 is 5.35. The van der Waals surface area contributed by atoms with Crippen molar-refractivity contribution >= 4 is 28.8 Å². The highest BCUT2D eigenvalue weighted by molar-refractivity contribution is 7.13. The van der Waals surface area contributed by atoms with Crippen LogP contribution in [-0.4, -0.2) is 23.8 Å². The number of hydrogen-bond acceptors (Lipinski definition) is 5. The Labute approximate surface area is 142 Å². The molecule has 7 heteroatoms. The number of thiophene rings is 1. The first-order valence-corrected chi connectivity index (χ1v) is 8.14. The molecule has 6 nitrogen and oxygen atoms in total. The van der Waals surface area contributed by atoms with E-state index in [4.69, 9.17) is 4.42 Å². The van der Waals surface area contributed by atoms with Crippen molar-refractivity contribution in [1.82, 2.24) is 10.3 Å². The highest BCUT2D eigenvalue weighted by atomic mass is 32.1. The lowest BCUT2D eigenvalue weighted by atomic mass is 10.1. The number of aromatic nitrogens is 1. The van der Waals surface area contributed by atoms with Gasteiger partial charge in [0.2, 0.25) is 5.91 Å². The van der Waals surface area contributed by atoms with Crippen LogP contribution in [0.2, 0.25) is 0 Å². The van der Waals surface area contributed by atoms with Gasteiger partial charge in [0.15, 0.2) is 17.8 Å². The van der Waals surface area contributed by atoms with Gasteiger partial charge in [0.1, 0.15) is 0 Å². The summed E-state index contributed by atoms with van der Waals surface area (Å²) in [4.78, 5) is 29.0. The van der Waals surface area contributed by atoms with Crippen LogP contribution in [0.5, 0.6) is 0 Å². The third-order valence-electron chi connectivity index (χ3n) is 3.42. The van der Waals surface area contributed by atoms with Crippen molar-refractivity contribution in [3.8, 4) is 10.6 Å². The number of rotatable bonds is 5. The van der Waals surface area contributed by atoms with Crippen molar-refractivity contribution < 1.29 is 14.0 Å². The molecule has 0 saturated carbocycles. The summed E-state index contributed by atoms with van der Waals surface area (Å²) >= 11 is 1.47. The lowest BCUT2D eigenvalue weighted by Gasteiger charge is -2.10. The second-order valence-corrected chi connectivity index (χ2v) is 5.92. The minimum Gasteiger partial charge on any atom is -0.442 e. The number of anilines is 1. The molecule has 0 aliphatic heterocycles. The molecule has 2 amide bonds. The van der Waals surface area contributed by atoms with Crippen molar-refractivity contribution in [2.24, 2.45) is 0 Å². The molecule has 0 atom stereocenters. The summed E-state index contributed by atoms with van der Waals surface area (Å²) in [5, 5.41) is 7.28. The Morgan fingerprint density at radius 2 is 2.04 bits per heavy atom. The first kappa shape index (κ1) is 15.9. The zero-order chi connectivity index (χ0) is 16.9. The number of hydrogen-bond donors (Lipinski definition) is 2. The molecule has 2 N–H and O–H groups in total. The number of para-hydroxylation sites is 1. The van der Waals surface area contributed by atoms with Gasteiger partial charge in [0.05, 0.1) is 11.3 Å². The average molecular weight is 341 g/mol. The van der Waals surface area contributed by atoms with E-state index >= 15 is 0 Å². The van der Waals surface area contributed by atoms with E-state index in [1.165, 1.54) is 17.7 Å². The Morgan fingerprint density at radius 1 is 1.21 bits per heavy atom. The van der Waals surface area contributed by atoms with E-state index in [1.54, 1.807) is 25.2 Å². The zero-order valence-electron chi connectivity index (χ0n) is 12.9. The Bertz CT molecular complexity index is 856. The molecule has 0 aliphatic carbocycles. The molecule has 24 heavy (non-hydrogen) atoms. The summed E-state index contributed by atoms with van der Waals surface area (Å²) in [6, 6.07) is 10.9. The van der Waals surface area contributed by atoms with Crippen LogP contribution < -0.4 is 10.6 Å². The second-order valence-electron chi connectivity index (χ2n) is 4.97. The van der Waals surface area contributed by atoms with Crippen LogP contribution in [0.15, 0.2) is 52.6 Å². The summed E-state index contributed by atoms with van der Waals surface area (Å²) in [7, 11) is 1.58. The fourth-order valence-corrected chi connectivity index (χ4v) is 2.94. The quantitative estimate of drug-likeness (QED) is 0.747. The van der Waals surface area contributed by atoms with Gasteiger partial charge < -0.3 is 15.1 Å². The van der Waals surface area contributed by atoms with E-state index < -0.39 is 0 Å². The number of amides is 2. The fraction of sp³-hybridized carbons (Fsp3) is 0.118. The molecule has 0 bridgehead atoms.